The molecule has 0 aliphatic carbocycles. The normalized spacial score (nSPS) is 14.9. The number of ether oxygens (including phenoxy) is 1. The maximum absolute atomic E-state index is 13.2. The van der Waals surface area contributed by atoms with Gasteiger partial charge in [-0.25, -0.2) is 4.39 Å². The number of alkyl halides is 1. The van der Waals surface area contributed by atoms with Gasteiger partial charge in [0.15, 0.2) is 0 Å². The third-order valence-corrected chi connectivity index (χ3v) is 6.68. The monoisotopic (exact) mass is 455 g/mol. The number of hydrogen-bond donors (Lipinski definition) is 0. The van der Waals surface area contributed by atoms with Crippen LogP contribution in [0.25, 0.3) is 10.8 Å². The highest BCUT2D eigenvalue weighted by molar-refractivity contribution is 9.10. The molecular formula is C24H23BrFNO2. The molecule has 1 heterocycles. The molecule has 3 nitrogen and oxygen atoms in total. The molecule has 0 saturated carbocycles. The molecule has 1 saturated heterocycles. The number of nitrogens with zero attached hydrogens (tertiary/aromatic N) is 1. The van der Waals surface area contributed by atoms with Crippen LogP contribution in [0.3, 0.4) is 0 Å². The van der Waals surface area contributed by atoms with Crippen LogP contribution in [0.4, 0.5) is 4.39 Å². The van der Waals surface area contributed by atoms with E-state index >= 15 is 0 Å². The van der Waals surface area contributed by atoms with Crippen LogP contribution >= 0.6 is 15.9 Å². The Hall–Kier alpha value is -2.40. The SMILES string of the molecule is COc1c(CF)cccc1C(=O)N1CCC(c2ccc3ccccc3c2Br)CC1. The lowest BCUT2D eigenvalue weighted by molar-refractivity contribution is 0.0709. The zero-order chi connectivity index (χ0) is 20.4. The minimum atomic E-state index is -0.650. The number of benzene rings is 3. The third kappa shape index (κ3) is 3.76. The molecule has 1 aliphatic heterocycles. The summed E-state index contributed by atoms with van der Waals surface area (Å²) in [4.78, 5) is 14.9. The average Bonchev–Trinajstić information content (AvgIpc) is 2.78. The Bertz CT molecular complexity index is 1040. The first-order valence-corrected chi connectivity index (χ1v) is 10.6. The standard InChI is InChI=1S/C24H23BrFNO2/c1-29-23-18(15-26)6-4-8-21(23)24(28)27-13-11-17(12-14-27)20-10-9-16-5-2-3-7-19(16)22(20)25/h2-10,17H,11-15H2,1H3. The van der Waals surface area contributed by atoms with Gasteiger partial charge in [0.1, 0.15) is 12.4 Å². The number of para-hydroxylation sites is 1. The highest BCUT2D eigenvalue weighted by Gasteiger charge is 2.28. The lowest BCUT2D eigenvalue weighted by atomic mass is 9.88. The van der Waals surface area contributed by atoms with Crippen LogP contribution in [0.15, 0.2) is 59.1 Å². The highest BCUT2D eigenvalue weighted by atomic mass is 79.9. The number of piperidine rings is 1. The van der Waals surface area contributed by atoms with Gasteiger partial charge in [-0.3, -0.25) is 4.79 Å². The zero-order valence-electron chi connectivity index (χ0n) is 16.3. The number of halogens is 2. The van der Waals surface area contributed by atoms with Gasteiger partial charge in [0.2, 0.25) is 0 Å². The smallest absolute Gasteiger partial charge is 0.257 e. The minimum Gasteiger partial charge on any atom is -0.496 e. The van der Waals surface area contributed by atoms with Gasteiger partial charge in [-0.15, -0.1) is 0 Å². The van der Waals surface area contributed by atoms with E-state index in [1.54, 1.807) is 18.2 Å². The van der Waals surface area contributed by atoms with Gasteiger partial charge >= 0.3 is 0 Å². The van der Waals surface area contributed by atoms with Crippen LogP contribution in [0.1, 0.15) is 40.2 Å². The predicted molar refractivity (Wildman–Crippen MR) is 117 cm³/mol. The molecule has 29 heavy (non-hydrogen) atoms. The summed E-state index contributed by atoms with van der Waals surface area (Å²) in [5, 5.41) is 2.44. The Balaban J connectivity index is 1.52. The second-order valence-electron chi connectivity index (χ2n) is 7.39. The lowest BCUT2D eigenvalue weighted by Crippen LogP contribution is -2.38. The summed E-state index contributed by atoms with van der Waals surface area (Å²) in [6.07, 6.45) is 1.79. The number of fused-ring (bicyclic) bond motifs is 1. The molecule has 3 aromatic carbocycles. The van der Waals surface area contributed by atoms with E-state index in [4.69, 9.17) is 4.74 Å². The van der Waals surface area contributed by atoms with Crippen molar-refractivity contribution in [2.24, 2.45) is 0 Å². The summed E-state index contributed by atoms with van der Waals surface area (Å²) in [5.74, 6) is 0.657. The van der Waals surface area contributed by atoms with Crippen LogP contribution in [-0.2, 0) is 6.67 Å². The lowest BCUT2D eigenvalue weighted by Gasteiger charge is -2.33. The van der Waals surface area contributed by atoms with Gasteiger partial charge in [0.05, 0.1) is 12.7 Å². The fourth-order valence-electron chi connectivity index (χ4n) is 4.23. The molecule has 4 rings (SSSR count). The van der Waals surface area contributed by atoms with Crippen molar-refractivity contribution in [1.82, 2.24) is 4.90 Å². The maximum Gasteiger partial charge on any atom is 0.257 e. The van der Waals surface area contributed by atoms with Crippen molar-refractivity contribution in [3.63, 3.8) is 0 Å². The average molecular weight is 456 g/mol. The first kappa shape index (κ1) is 19.9. The summed E-state index contributed by atoms with van der Waals surface area (Å²) in [5.41, 5.74) is 2.15. The number of likely N-dealkylation sites (tertiary alicyclic amines) is 1. The molecule has 1 fully saturated rings. The van der Waals surface area contributed by atoms with Crippen molar-refractivity contribution in [3.05, 3.63) is 75.8 Å². The molecule has 0 unspecified atom stereocenters. The summed E-state index contributed by atoms with van der Waals surface area (Å²) in [6.45, 7) is 0.694. The Labute approximate surface area is 178 Å². The molecule has 150 valence electrons. The van der Waals surface area contributed by atoms with Crippen molar-refractivity contribution >= 4 is 32.6 Å². The molecule has 0 radical (unpaired) electrons. The zero-order valence-corrected chi connectivity index (χ0v) is 17.9. The van der Waals surface area contributed by atoms with Gasteiger partial charge in [-0.05, 0) is 57.1 Å². The molecule has 0 atom stereocenters. The number of carbonyl (C=O) groups is 1. The molecular weight excluding hydrogens is 433 g/mol. The van der Waals surface area contributed by atoms with Crippen molar-refractivity contribution < 1.29 is 13.9 Å². The van der Waals surface area contributed by atoms with Crippen LogP contribution in [0.2, 0.25) is 0 Å². The van der Waals surface area contributed by atoms with E-state index in [2.05, 4.69) is 46.3 Å². The van der Waals surface area contributed by atoms with Gasteiger partial charge in [0, 0.05) is 23.1 Å². The Morgan fingerprint density at radius 3 is 2.59 bits per heavy atom. The second-order valence-corrected chi connectivity index (χ2v) is 8.18. The molecule has 5 heteroatoms. The first-order valence-electron chi connectivity index (χ1n) is 9.82. The maximum atomic E-state index is 13.2. The Morgan fingerprint density at radius 1 is 1.10 bits per heavy atom. The van der Waals surface area contributed by atoms with Crippen LogP contribution in [0, 0.1) is 0 Å². The molecule has 0 bridgehead atoms. The van der Waals surface area contributed by atoms with Crippen molar-refractivity contribution in [2.45, 2.75) is 25.4 Å². The molecule has 0 aromatic heterocycles. The van der Waals surface area contributed by atoms with Gasteiger partial charge in [0.25, 0.3) is 5.91 Å². The summed E-state index contributed by atoms with van der Waals surface area (Å²) < 4.78 is 19.7. The van der Waals surface area contributed by atoms with E-state index in [1.165, 1.54) is 23.4 Å². The first-order chi connectivity index (χ1) is 14.1. The minimum absolute atomic E-state index is 0.0897. The number of methoxy groups -OCH3 is 1. The summed E-state index contributed by atoms with van der Waals surface area (Å²) in [6, 6.07) is 17.8. The van der Waals surface area contributed by atoms with E-state index in [0.717, 1.165) is 17.3 Å². The number of carbonyl (C=O) groups excluding carboxylic acids is 1. The number of hydrogen-bond acceptors (Lipinski definition) is 2. The molecule has 0 N–H and O–H groups in total. The molecule has 3 aromatic rings. The largest absolute Gasteiger partial charge is 0.496 e. The second kappa shape index (κ2) is 8.54. The highest BCUT2D eigenvalue weighted by Crippen LogP contribution is 2.37. The van der Waals surface area contributed by atoms with Gasteiger partial charge in [-0.1, -0.05) is 48.5 Å². The Kier molecular flexibility index (Phi) is 5.86. The van der Waals surface area contributed by atoms with Crippen LogP contribution in [0.5, 0.6) is 5.75 Å². The van der Waals surface area contributed by atoms with Crippen LogP contribution in [-0.4, -0.2) is 31.0 Å². The van der Waals surface area contributed by atoms with Crippen LogP contribution < -0.4 is 4.74 Å². The number of amides is 1. The number of rotatable bonds is 4. The quantitative estimate of drug-likeness (QED) is 0.475. The van der Waals surface area contributed by atoms with Gasteiger partial charge < -0.3 is 9.64 Å². The molecule has 0 spiro atoms. The third-order valence-electron chi connectivity index (χ3n) is 5.79. The van der Waals surface area contributed by atoms with E-state index in [9.17, 15) is 9.18 Å². The van der Waals surface area contributed by atoms with Crippen molar-refractivity contribution in [1.29, 1.82) is 0 Å². The van der Waals surface area contributed by atoms with E-state index < -0.39 is 6.67 Å². The topological polar surface area (TPSA) is 29.5 Å². The van der Waals surface area contributed by atoms with E-state index in [0.29, 0.717) is 35.9 Å². The van der Waals surface area contributed by atoms with Gasteiger partial charge in [-0.2, -0.15) is 0 Å². The molecule has 1 aliphatic rings. The summed E-state index contributed by atoms with van der Waals surface area (Å²) >= 11 is 3.80. The fourth-order valence-corrected chi connectivity index (χ4v) is 5.05. The Morgan fingerprint density at radius 2 is 1.86 bits per heavy atom. The van der Waals surface area contributed by atoms with Crippen molar-refractivity contribution in [3.8, 4) is 5.75 Å². The van der Waals surface area contributed by atoms with E-state index in [-0.39, 0.29) is 5.91 Å². The van der Waals surface area contributed by atoms with Crippen molar-refractivity contribution in [2.75, 3.05) is 20.2 Å². The molecule has 1 amide bonds. The summed E-state index contributed by atoms with van der Waals surface area (Å²) in [7, 11) is 1.48. The predicted octanol–water partition coefficient (Wildman–Crippen LogP) is 6.10. The fraction of sp³-hybridized carbons (Fsp3) is 0.292. The van der Waals surface area contributed by atoms with E-state index in [1.807, 2.05) is 11.0 Å².